The highest BCUT2D eigenvalue weighted by Gasteiger charge is 2.25. The predicted molar refractivity (Wildman–Crippen MR) is 108 cm³/mol. The summed E-state index contributed by atoms with van der Waals surface area (Å²) in [6.07, 6.45) is 1.04. The second-order valence-corrected chi connectivity index (χ2v) is 10.3. The van der Waals surface area contributed by atoms with E-state index >= 15 is 0 Å². The molecule has 1 heterocycles. The maximum atomic E-state index is 12.3. The van der Waals surface area contributed by atoms with Crippen LogP contribution in [-0.2, 0) is 24.7 Å². The Hall–Kier alpha value is -1.69. The van der Waals surface area contributed by atoms with Gasteiger partial charge in [0.05, 0.1) is 22.0 Å². The summed E-state index contributed by atoms with van der Waals surface area (Å²) in [7, 11) is -7.65. The third-order valence-corrected chi connectivity index (χ3v) is 6.88. The molecule has 1 aromatic carbocycles. The van der Waals surface area contributed by atoms with Crippen molar-refractivity contribution in [2.45, 2.75) is 23.6 Å². The zero-order valence-electron chi connectivity index (χ0n) is 16.5. The fourth-order valence-electron chi connectivity index (χ4n) is 3.24. The minimum Gasteiger partial charge on any atom is -0.368 e. The van der Waals surface area contributed by atoms with Gasteiger partial charge in [-0.1, -0.05) is 0 Å². The fraction of sp³-hybridized carbons (Fsp3) is 0.588. The van der Waals surface area contributed by atoms with Gasteiger partial charge in [-0.3, -0.25) is 9.69 Å². The number of anilines is 1. The van der Waals surface area contributed by atoms with Crippen LogP contribution in [0.1, 0.15) is 13.8 Å². The molecule has 0 atom stereocenters. The number of hydrogen-bond donors (Lipinski definition) is 1. The van der Waals surface area contributed by atoms with Crippen molar-refractivity contribution in [3.8, 4) is 0 Å². The first-order valence-electron chi connectivity index (χ1n) is 9.09. The predicted octanol–water partition coefficient (Wildman–Crippen LogP) is -0.272. The lowest BCUT2D eigenvalue weighted by atomic mass is 10.2. The standard InChI is InChI=1S/C17H28N4O5S2/c1-4-20(5-2)17(22)13-19-8-10-21(11-9-19)15-7-6-14(28(18,25)26)12-16(15)27(3,23)24/h6-7,12H,4-5,8-11,13H2,1-3H3,(H2,18,25,26). The van der Waals surface area contributed by atoms with Crippen LogP contribution in [0.5, 0.6) is 0 Å². The largest absolute Gasteiger partial charge is 0.368 e. The van der Waals surface area contributed by atoms with Crippen LogP contribution in [0.15, 0.2) is 28.0 Å². The summed E-state index contributed by atoms with van der Waals surface area (Å²) in [6, 6.07) is 3.90. The van der Waals surface area contributed by atoms with Crippen molar-refractivity contribution in [2.75, 3.05) is 57.0 Å². The number of rotatable bonds is 7. The highest BCUT2D eigenvalue weighted by Crippen LogP contribution is 2.28. The molecular formula is C17H28N4O5S2. The summed E-state index contributed by atoms with van der Waals surface area (Å²) >= 11 is 0. The average molecular weight is 433 g/mol. The molecular weight excluding hydrogens is 404 g/mol. The second kappa shape index (κ2) is 8.76. The molecule has 11 heteroatoms. The van der Waals surface area contributed by atoms with Gasteiger partial charge < -0.3 is 9.80 Å². The number of carbonyl (C=O) groups excluding carboxylic acids is 1. The zero-order chi connectivity index (χ0) is 21.1. The van der Waals surface area contributed by atoms with Gasteiger partial charge >= 0.3 is 0 Å². The molecule has 0 saturated carbocycles. The molecule has 2 rings (SSSR count). The van der Waals surface area contributed by atoms with Gasteiger partial charge in [0.1, 0.15) is 0 Å². The Morgan fingerprint density at radius 2 is 1.64 bits per heavy atom. The lowest BCUT2D eigenvalue weighted by Crippen LogP contribution is -2.50. The Kier molecular flexibility index (Phi) is 7.07. The van der Waals surface area contributed by atoms with Gasteiger partial charge in [0.25, 0.3) is 0 Å². The molecule has 158 valence electrons. The normalized spacial score (nSPS) is 16.2. The zero-order valence-corrected chi connectivity index (χ0v) is 18.1. The highest BCUT2D eigenvalue weighted by molar-refractivity contribution is 7.91. The molecule has 2 N–H and O–H groups in total. The molecule has 1 saturated heterocycles. The number of sulfonamides is 1. The maximum absolute atomic E-state index is 12.3. The number of piperazine rings is 1. The molecule has 0 bridgehead atoms. The van der Waals surface area contributed by atoms with Gasteiger partial charge in [-0.05, 0) is 32.0 Å². The fourth-order valence-corrected chi connectivity index (χ4v) is 4.78. The summed E-state index contributed by atoms with van der Waals surface area (Å²) < 4.78 is 47.6. The molecule has 0 spiro atoms. The van der Waals surface area contributed by atoms with Gasteiger partial charge in [-0.2, -0.15) is 0 Å². The van der Waals surface area contributed by atoms with E-state index in [0.717, 1.165) is 12.3 Å². The summed E-state index contributed by atoms with van der Waals surface area (Å²) in [6.45, 7) is 7.83. The smallest absolute Gasteiger partial charge is 0.238 e. The summed E-state index contributed by atoms with van der Waals surface area (Å²) in [5.41, 5.74) is 0.449. The molecule has 0 unspecified atom stereocenters. The van der Waals surface area contributed by atoms with Crippen molar-refractivity contribution in [2.24, 2.45) is 5.14 Å². The molecule has 0 aliphatic carbocycles. The summed E-state index contributed by atoms with van der Waals surface area (Å²) in [4.78, 5) is 17.7. The third-order valence-electron chi connectivity index (χ3n) is 4.85. The number of primary sulfonamides is 1. The van der Waals surface area contributed by atoms with E-state index in [4.69, 9.17) is 5.14 Å². The minimum absolute atomic E-state index is 0.0632. The Labute approximate surface area is 167 Å². The van der Waals surface area contributed by atoms with Crippen molar-refractivity contribution in [1.82, 2.24) is 9.80 Å². The molecule has 0 aromatic heterocycles. The number of nitrogens with zero attached hydrogens (tertiary/aromatic N) is 3. The molecule has 0 radical (unpaired) electrons. The lowest BCUT2D eigenvalue weighted by molar-refractivity contribution is -0.132. The number of nitrogens with two attached hydrogens (primary N) is 1. The highest BCUT2D eigenvalue weighted by atomic mass is 32.2. The SMILES string of the molecule is CCN(CC)C(=O)CN1CCN(c2ccc(S(N)(=O)=O)cc2S(C)(=O)=O)CC1. The average Bonchev–Trinajstić information content (AvgIpc) is 2.61. The van der Waals surface area contributed by atoms with Crippen LogP contribution in [0.2, 0.25) is 0 Å². The van der Waals surface area contributed by atoms with E-state index in [1.165, 1.54) is 12.1 Å². The topological polar surface area (TPSA) is 121 Å². The van der Waals surface area contributed by atoms with Gasteiger partial charge in [-0.25, -0.2) is 22.0 Å². The quantitative estimate of drug-likeness (QED) is 0.629. The monoisotopic (exact) mass is 432 g/mol. The van der Waals surface area contributed by atoms with Gasteiger partial charge in [-0.15, -0.1) is 0 Å². The first-order valence-corrected chi connectivity index (χ1v) is 12.5. The first kappa shape index (κ1) is 22.6. The van der Waals surface area contributed by atoms with Gasteiger partial charge in [0, 0.05) is 45.5 Å². The van der Waals surface area contributed by atoms with E-state index in [1.54, 1.807) is 4.90 Å². The van der Waals surface area contributed by atoms with Crippen molar-refractivity contribution >= 4 is 31.5 Å². The van der Waals surface area contributed by atoms with Crippen LogP contribution in [0, 0.1) is 0 Å². The van der Waals surface area contributed by atoms with Crippen molar-refractivity contribution < 1.29 is 21.6 Å². The van der Waals surface area contributed by atoms with E-state index < -0.39 is 19.9 Å². The number of amides is 1. The van der Waals surface area contributed by atoms with Crippen molar-refractivity contribution in [3.05, 3.63) is 18.2 Å². The van der Waals surface area contributed by atoms with Crippen LogP contribution in [0.3, 0.4) is 0 Å². The third kappa shape index (κ3) is 5.43. The molecule has 1 aliphatic rings. The molecule has 1 fully saturated rings. The van der Waals surface area contributed by atoms with E-state index in [-0.39, 0.29) is 15.7 Å². The van der Waals surface area contributed by atoms with Crippen LogP contribution in [0.25, 0.3) is 0 Å². The maximum Gasteiger partial charge on any atom is 0.238 e. The van der Waals surface area contributed by atoms with Crippen molar-refractivity contribution in [1.29, 1.82) is 0 Å². The number of sulfone groups is 1. The Bertz CT molecular complexity index is 919. The lowest BCUT2D eigenvalue weighted by Gasteiger charge is -2.37. The second-order valence-electron chi connectivity index (χ2n) is 6.78. The number of benzene rings is 1. The number of likely N-dealkylation sites (N-methyl/N-ethyl adjacent to an activating group) is 1. The molecule has 1 aliphatic heterocycles. The first-order chi connectivity index (χ1) is 13.0. The van der Waals surface area contributed by atoms with E-state index in [2.05, 4.69) is 0 Å². The minimum atomic E-state index is -4.00. The summed E-state index contributed by atoms with van der Waals surface area (Å²) in [5.74, 6) is 0.0766. The van der Waals surface area contributed by atoms with Crippen LogP contribution in [-0.4, -0.2) is 84.6 Å². The van der Waals surface area contributed by atoms with Crippen LogP contribution in [0.4, 0.5) is 5.69 Å². The summed E-state index contributed by atoms with van der Waals surface area (Å²) in [5, 5.41) is 5.13. The molecule has 9 nitrogen and oxygen atoms in total. The molecule has 28 heavy (non-hydrogen) atoms. The van der Waals surface area contributed by atoms with Crippen LogP contribution >= 0.6 is 0 Å². The Morgan fingerprint density at radius 3 is 2.11 bits per heavy atom. The van der Waals surface area contributed by atoms with Gasteiger partial charge in [0.2, 0.25) is 15.9 Å². The number of carbonyl (C=O) groups is 1. The Balaban J connectivity index is 2.17. The van der Waals surface area contributed by atoms with Crippen LogP contribution < -0.4 is 10.0 Å². The molecule has 1 aromatic rings. The van der Waals surface area contributed by atoms with Gasteiger partial charge in [0.15, 0.2) is 9.84 Å². The molecule has 1 amide bonds. The van der Waals surface area contributed by atoms with E-state index in [0.29, 0.717) is 51.5 Å². The van der Waals surface area contributed by atoms with E-state index in [9.17, 15) is 21.6 Å². The number of hydrogen-bond acceptors (Lipinski definition) is 7. The van der Waals surface area contributed by atoms with E-state index in [1.807, 2.05) is 23.6 Å². The van der Waals surface area contributed by atoms with Crippen molar-refractivity contribution in [3.63, 3.8) is 0 Å². The Morgan fingerprint density at radius 1 is 1.07 bits per heavy atom.